The van der Waals surface area contributed by atoms with E-state index < -0.39 is 0 Å². The second-order valence-corrected chi connectivity index (χ2v) is 5.28. The fourth-order valence-corrected chi connectivity index (χ4v) is 2.32. The van der Waals surface area contributed by atoms with Crippen molar-refractivity contribution in [3.63, 3.8) is 0 Å². The number of aryl methyl sites for hydroxylation is 1. The zero-order valence-electron chi connectivity index (χ0n) is 11.7. The van der Waals surface area contributed by atoms with Gasteiger partial charge in [0.25, 0.3) is 0 Å². The molecule has 1 unspecified atom stereocenters. The van der Waals surface area contributed by atoms with Gasteiger partial charge in [0.1, 0.15) is 5.82 Å². The molecule has 2 aromatic rings. The van der Waals surface area contributed by atoms with E-state index in [0.717, 1.165) is 30.6 Å². The molecule has 0 saturated heterocycles. The minimum atomic E-state index is -0.383. The Hall–Kier alpha value is -1.39. The van der Waals surface area contributed by atoms with Crippen molar-refractivity contribution in [2.75, 3.05) is 6.54 Å². The Balaban J connectivity index is 2.16. The molecular formula is C15H19ClFN3. The average molecular weight is 296 g/mol. The second-order valence-electron chi connectivity index (χ2n) is 4.87. The molecule has 0 amide bonds. The van der Waals surface area contributed by atoms with E-state index in [1.54, 1.807) is 16.8 Å². The van der Waals surface area contributed by atoms with Gasteiger partial charge in [-0.05, 0) is 43.1 Å². The molecule has 1 atom stereocenters. The summed E-state index contributed by atoms with van der Waals surface area (Å²) in [5.74, 6) is -0.383. The van der Waals surface area contributed by atoms with Gasteiger partial charge >= 0.3 is 0 Å². The van der Waals surface area contributed by atoms with E-state index in [2.05, 4.69) is 17.3 Å². The van der Waals surface area contributed by atoms with Crippen LogP contribution in [0.5, 0.6) is 0 Å². The molecule has 0 spiro atoms. The number of hydrogen-bond acceptors (Lipinski definition) is 2. The summed E-state index contributed by atoms with van der Waals surface area (Å²) < 4.78 is 15.0. The Kier molecular flexibility index (Phi) is 5.15. The maximum atomic E-state index is 13.2. The minimum Gasteiger partial charge on any atom is -0.308 e. The first kappa shape index (κ1) is 15.0. The van der Waals surface area contributed by atoms with Crippen molar-refractivity contribution in [1.82, 2.24) is 15.1 Å². The van der Waals surface area contributed by atoms with E-state index in [0.29, 0.717) is 0 Å². The normalized spacial score (nSPS) is 12.6. The summed E-state index contributed by atoms with van der Waals surface area (Å²) in [6.45, 7) is 3.04. The van der Waals surface area contributed by atoms with Gasteiger partial charge in [-0.2, -0.15) is 5.10 Å². The van der Waals surface area contributed by atoms with E-state index in [-0.39, 0.29) is 16.9 Å². The number of nitrogens with one attached hydrogen (secondary N) is 1. The topological polar surface area (TPSA) is 29.9 Å². The number of hydrogen-bond donors (Lipinski definition) is 1. The summed E-state index contributed by atoms with van der Waals surface area (Å²) in [7, 11) is 1.90. The second kappa shape index (κ2) is 6.86. The SMILES string of the molecule is CCCNC(Cc1ccc(F)c(Cl)c1)c1ccn(C)n1. The minimum absolute atomic E-state index is 0.109. The first-order valence-corrected chi connectivity index (χ1v) is 7.14. The third-order valence-electron chi connectivity index (χ3n) is 3.16. The third-order valence-corrected chi connectivity index (χ3v) is 3.45. The molecule has 0 aliphatic carbocycles. The number of nitrogens with zero attached hydrogens (tertiary/aromatic N) is 2. The molecule has 1 aromatic heterocycles. The van der Waals surface area contributed by atoms with Gasteiger partial charge in [-0.3, -0.25) is 4.68 Å². The van der Waals surface area contributed by atoms with E-state index in [4.69, 9.17) is 11.6 Å². The largest absolute Gasteiger partial charge is 0.308 e. The van der Waals surface area contributed by atoms with Gasteiger partial charge in [0.15, 0.2) is 0 Å². The fraction of sp³-hybridized carbons (Fsp3) is 0.400. The van der Waals surface area contributed by atoms with Crippen LogP contribution in [0.1, 0.15) is 30.6 Å². The van der Waals surface area contributed by atoms with Gasteiger partial charge < -0.3 is 5.32 Å². The van der Waals surface area contributed by atoms with Gasteiger partial charge in [-0.25, -0.2) is 4.39 Å². The Bertz CT molecular complexity index is 568. The van der Waals surface area contributed by atoms with E-state index >= 15 is 0 Å². The van der Waals surface area contributed by atoms with Crippen LogP contribution in [-0.2, 0) is 13.5 Å². The van der Waals surface area contributed by atoms with Crippen LogP contribution in [0.25, 0.3) is 0 Å². The van der Waals surface area contributed by atoms with E-state index in [9.17, 15) is 4.39 Å². The number of rotatable bonds is 6. The maximum Gasteiger partial charge on any atom is 0.141 e. The van der Waals surface area contributed by atoms with Crippen LogP contribution in [-0.4, -0.2) is 16.3 Å². The van der Waals surface area contributed by atoms with Crippen LogP contribution in [0.2, 0.25) is 5.02 Å². The molecule has 1 aromatic carbocycles. The lowest BCUT2D eigenvalue weighted by Gasteiger charge is -2.17. The standard InChI is InChI=1S/C15H19ClFN3/c1-3-7-18-15(14-6-8-20(2)19-14)10-11-4-5-13(17)12(16)9-11/h4-6,8-9,15,18H,3,7,10H2,1-2H3. The molecule has 20 heavy (non-hydrogen) atoms. The van der Waals surface area contributed by atoms with Crippen LogP contribution >= 0.6 is 11.6 Å². The summed E-state index contributed by atoms with van der Waals surface area (Å²) >= 11 is 5.84. The molecule has 3 nitrogen and oxygen atoms in total. The molecule has 5 heteroatoms. The molecule has 0 bridgehead atoms. The maximum absolute atomic E-state index is 13.2. The molecule has 0 saturated carbocycles. The van der Waals surface area contributed by atoms with Crippen molar-refractivity contribution < 1.29 is 4.39 Å². The summed E-state index contributed by atoms with van der Waals surface area (Å²) in [4.78, 5) is 0. The Morgan fingerprint density at radius 2 is 2.20 bits per heavy atom. The molecule has 0 aliphatic rings. The molecule has 0 fully saturated rings. The summed E-state index contributed by atoms with van der Waals surface area (Å²) in [6, 6.07) is 6.97. The summed E-state index contributed by atoms with van der Waals surface area (Å²) in [5.41, 5.74) is 1.98. The molecule has 2 rings (SSSR count). The zero-order valence-corrected chi connectivity index (χ0v) is 12.5. The van der Waals surface area contributed by atoms with Crippen LogP contribution in [0.4, 0.5) is 4.39 Å². The Labute approximate surface area is 123 Å². The highest BCUT2D eigenvalue weighted by Gasteiger charge is 2.15. The third kappa shape index (κ3) is 3.81. The van der Waals surface area contributed by atoms with Crippen LogP contribution in [0, 0.1) is 5.82 Å². The summed E-state index contributed by atoms with van der Waals surface area (Å²) in [5, 5.41) is 8.08. The van der Waals surface area contributed by atoms with Gasteiger partial charge in [-0.15, -0.1) is 0 Å². The van der Waals surface area contributed by atoms with E-state index in [1.165, 1.54) is 6.07 Å². The highest BCUT2D eigenvalue weighted by Crippen LogP contribution is 2.21. The Morgan fingerprint density at radius 1 is 1.40 bits per heavy atom. The van der Waals surface area contributed by atoms with Crippen molar-refractivity contribution >= 4 is 11.6 Å². The molecule has 0 radical (unpaired) electrons. The molecule has 1 N–H and O–H groups in total. The first-order valence-electron chi connectivity index (χ1n) is 6.77. The van der Waals surface area contributed by atoms with Crippen molar-refractivity contribution in [2.45, 2.75) is 25.8 Å². The van der Waals surface area contributed by atoms with Crippen molar-refractivity contribution in [3.8, 4) is 0 Å². The lowest BCUT2D eigenvalue weighted by molar-refractivity contribution is 0.510. The molecule has 1 heterocycles. The fourth-order valence-electron chi connectivity index (χ4n) is 2.12. The van der Waals surface area contributed by atoms with Crippen molar-refractivity contribution in [1.29, 1.82) is 0 Å². The highest BCUT2D eigenvalue weighted by molar-refractivity contribution is 6.30. The smallest absolute Gasteiger partial charge is 0.141 e. The lowest BCUT2D eigenvalue weighted by atomic mass is 10.0. The predicted octanol–water partition coefficient (Wildman–Crippen LogP) is 3.50. The number of benzene rings is 1. The molecule has 108 valence electrons. The zero-order chi connectivity index (χ0) is 14.5. The van der Waals surface area contributed by atoms with Crippen LogP contribution in [0.15, 0.2) is 30.5 Å². The van der Waals surface area contributed by atoms with Crippen LogP contribution < -0.4 is 5.32 Å². The first-order chi connectivity index (χ1) is 9.60. The van der Waals surface area contributed by atoms with Gasteiger partial charge in [0.2, 0.25) is 0 Å². The molecule has 0 aliphatic heterocycles. The van der Waals surface area contributed by atoms with Crippen molar-refractivity contribution in [2.24, 2.45) is 7.05 Å². The summed E-state index contributed by atoms with van der Waals surface area (Å²) in [6.07, 6.45) is 3.71. The van der Waals surface area contributed by atoms with Gasteiger partial charge in [0.05, 0.1) is 16.8 Å². The van der Waals surface area contributed by atoms with Gasteiger partial charge in [-0.1, -0.05) is 24.6 Å². The number of halogens is 2. The monoisotopic (exact) mass is 295 g/mol. The predicted molar refractivity (Wildman–Crippen MR) is 79.4 cm³/mol. The highest BCUT2D eigenvalue weighted by atomic mass is 35.5. The lowest BCUT2D eigenvalue weighted by Crippen LogP contribution is -2.24. The average Bonchev–Trinajstić information content (AvgIpc) is 2.85. The van der Waals surface area contributed by atoms with E-state index in [1.807, 2.05) is 19.3 Å². The molecular weight excluding hydrogens is 277 g/mol. The Morgan fingerprint density at radius 3 is 2.80 bits per heavy atom. The quantitative estimate of drug-likeness (QED) is 0.884. The number of aromatic nitrogens is 2. The van der Waals surface area contributed by atoms with Crippen LogP contribution in [0.3, 0.4) is 0 Å². The van der Waals surface area contributed by atoms with Gasteiger partial charge in [0, 0.05) is 13.2 Å². The van der Waals surface area contributed by atoms with Crippen molar-refractivity contribution in [3.05, 3.63) is 52.6 Å².